The molecule has 128 valence electrons. The molecule has 0 unspecified atom stereocenters. The first-order chi connectivity index (χ1) is 11.5. The molecule has 1 aromatic rings. The average Bonchev–Trinajstić information content (AvgIpc) is 2.87. The molecule has 1 saturated heterocycles. The highest BCUT2D eigenvalue weighted by molar-refractivity contribution is 6.04. The number of urea groups is 1. The predicted octanol–water partition coefficient (Wildman–Crippen LogP) is -0.340. The van der Waals surface area contributed by atoms with E-state index in [0.717, 1.165) is 0 Å². The van der Waals surface area contributed by atoms with Gasteiger partial charge in [-0.2, -0.15) is 0 Å². The molecule has 1 atom stereocenters. The van der Waals surface area contributed by atoms with Gasteiger partial charge < -0.3 is 16.0 Å². The molecule has 1 aromatic carbocycles. The fraction of sp³-hybridized carbons (Fsp3) is 0.333. The van der Waals surface area contributed by atoms with Gasteiger partial charge in [0.25, 0.3) is 11.8 Å². The van der Waals surface area contributed by atoms with Crippen LogP contribution >= 0.6 is 0 Å². The van der Waals surface area contributed by atoms with E-state index in [0.29, 0.717) is 5.56 Å². The van der Waals surface area contributed by atoms with Gasteiger partial charge in [0.1, 0.15) is 11.9 Å². The minimum Gasteiger partial charge on any atom is -0.354 e. The van der Waals surface area contributed by atoms with Crippen molar-refractivity contribution < 1.29 is 23.6 Å². The first-order valence-electron chi connectivity index (χ1n) is 7.37. The number of halogens is 1. The number of hydrogen-bond donors (Lipinski definition) is 4. The van der Waals surface area contributed by atoms with Crippen molar-refractivity contribution in [3.05, 3.63) is 35.6 Å². The number of benzene rings is 1. The number of hydrogen-bond acceptors (Lipinski definition) is 4. The van der Waals surface area contributed by atoms with Crippen molar-refractivity contribution in [3.63, 3.8) is 0 Å². The molecule has 1 fully saturated rings. The predicted molar refractivity (Wildman–Crippen MR) is 81.4 cm³/mol. The normalized spacial score (nSPS) is 16.3. The summed E-state index contributed by atoms with van der Waals surface area (Å²) in [7, 11) is 0. The minimum atomic E-state index is -0.693. The lowest BCUT2D eigenvalue weighted by atomic mass is 10.1. The largest absolute Gasteiger partial charge is 0.354 e. The first-order valence-corrected chi connectivity index (χ1v) is 7.37. The number of nitrogens with one attached hydrogen (secondary N) is 4. The molecule has 0 aliphatic carbocycles. The molecule has 1 aliphatic heterocycles. The number of rotatable bonds is 7. The zero-order valence-corrected chi connectivity index (χ0v) is 12.7. The summed E-state index contributed by atoms with van der Waals surface area (Å²) < 4.78 is 12.7. The van der Waals surface area contributed by atoms with Gasteiger partial charge in [-0.05, 0) is 30.7 Å². The maximum atomic E-state index is 12.7. The minimum absolute atomic E-state index is 0.0737. The van der Waals surface area contributed by atoms with Crippen LogP contribution in [-0.2, 0) is 9.59 Å². The number of imide groups is 1. The van der Waals surface area contributed by atoms with Crippen LogP contribution in [0, 0.1) is 5.82 Å². The Kier molecular flexibility index (Phi) is 5.83. The Morgan fingerprint density at radius 3 is 2.38 bits per heavy atom. The second-order valence-corrected chi connectivity index (χ2v) is 5.17. The Morgan fingerprint density at radius 1 is 1.08 bits per heavy atom. The summed E-state index contributed by atoms with van der Waals surface area (Å²) in [6.07, 6.45) is 0.273. The maximum absolute atomic E-state index is 12.7. The summed E-state index contributed by atoms with van der Waals surface area (Å²) in [5.74, 6) is -1.53. The van der Waals surface area contributed by atoms with E-state index >= 15 is 0 Å². The number of amides is 5. The summed E-state index contributed by atoms with van der Waals surface area (Å²) in [6, 6.07) is 3.85. The summed E-state index contributed by atoms with van der Waals surface area (Å²) in [4.78, 5) is 45.6. The second kappa shape index (κ2) is 8.04. The van der Waals surface area contributed by atoms with Crippen molar-refractivity contribution in [3.8, 4) is 0 Å². The molecule has 5 amide bonds. The molecule has 0 aromatic heterocycles. The molecule has 0 bridgehead atoms. The average molecular weight is 336 g/mol. The monoisotopic (exact) mass is 336 g/mol. The van der Waals surface area contributed by atoms with E-state index in [9.17, 15) is 23.6 Å². The van der Waals surface area contributed by atoms with Gasteiger partial charge in [-0.15, -0.1) is 0 Å². The highest BCUT2D eigenvalue weighted by Crippen LogP contribution is 2.03. The summed E-state index contributed by atoms with van der Waals surface area (Å²) in [6.45, 7) is 0.428. The molecule has 0 saturated carbocycles. The van der Waals surface area contributed by atoms with Crippen LogP contribution in [0.3, 0.4) is 0 Å². The molecule has 9 heteroatoms. The molecule has 1 aliphatic rings. The number of carbonyl (C=O) groups is 4. The first kappa shape index (κ1) is 17.4. The molecule has 2 rings (SSSR count). The molecule has 0 radical (unpaired) electrons. The maximum Gasteiger partial charge on any atom is 0.322 e. The molecular weight excluding hydrogens is 319 g/mol. The molecule has 4 N–H and O–H groups in total. The van der Waals surface area contributed by atoms with Crippen molar-refractivity contribution >= 4 is 23.8 Å². The Hall–Kier alpha value is -2.97. The van der Waals surface area contributed by atoms with Crippen LogP contribution < -0.4 is 21.3 Å². The Bertz CT molecular complexity index is 647. The van der Waals surface area contributed by atoms with Crippen LogP contribution in [0.1, 0.15) is 23.2 Å². The van der Waals surface area contributed by atoms with Crippen molar-refractivity contribution in [2.75, 3.05) is 13.1 Å². The summed E-state index contributed by atoms with van der Waals surface area (Å²) in [5.41, 5.74) is 0.325. The Morgan fingerprint density at radius 2 is 1.75 bits per heavy atom. The lowest BCUT2D eigenvalue weighted by Crippen LogP contribution is -2.36. The fourth-order valence-electron chi connectivity index (χ4n) is 2.11. The fourth-order valence-corrected chi connectivity index (χ4v) is 2.11. The van der Waals surface area contributed by atoms with E-state index < -0.39 is 23.8 Å². The third kappa shape index (κ3) is 5.04. The highest BCUT2D eigenvalue weighted by Gasteiger charge is 2.29. The summed E-state index contributed by atoms with van der Waals surface area (Å²) >= 11 is 0. The van der Waals surface area contributed by atoms with Crippen molar-refractivity contribution in [2.45, 2.75) is 18.9 Å². The van der Waals surface area contributed by atoms with Crippen LogP contribution in [0.25, 0.3) is 0 Å². The molecular formula is C15H17FN4O4. The van der Waals surface area contributed by atoms with E-state index in [1.165, 1.54) is 24.3 Å². The van der Waals surface area contributed by atoms with Crippen LogP contribution in [-0.4, -0.2) is 42.9 Å². The zero-order chi connectivity index (χ0) is 17.5. The Labute approximate surface area is 137 Å². The lowest BCUT2D eigenvalue weighted by Gasteiger charge is -2.09. The molecule has 24 heavy (non-hydrogen) atoms. The highest BCUT2D eigenvalue weighted by atomic mass is 19.1. The van der Waals surface area contributed by atoms with Gasteiger partial charge in [-0.3, -0.25) is 19.7 Å². The van der Waals surface area contributed by atoms with Gasteiger partial charge in [-0.25, -0.2) is 9.18 Å². The van der Waals surface area contributed by atoms with Crippen LogP contribution in [0.5, 0.6) is 0 Å². The molecule has 8 nitrogen and oxygen atoms in total. The van der Waals surface area contributed by atoms with Gasteiger partial charge in [0, 0.05) is 25.1 Å². The second-order valence-electron chi connectivity index (χ2n) is 5.17. The quantitative estimate of drug-likeness (QED) is 0.403. The number of carbonyl (C=O) groups excluding carboxylic acids is 4. The van der Waals surface area contributed by atoms with E-state index in [2.05, 4.69) is 21.3 Å². The van der Waals surface area contributed by atoms with Crippen molar-refractivity contribution in [1.29, 1.82) is 0 Å². The smallest absolute Gasteiger partial charge is 0.322 e. The molecule has 1 heterocycles. The van der Waals surface area contributed by atoms with E-state index in [1.54, 1.807) is 0 Å². The van der Waals surface area contributed by atoms with E-state index in [-0.39, 0.29) is 37.7 Å². The van der Waals surface area contributed by atoms with Crippen molar-refractivity contribution in [1.82, 2.24) is 21.3 Å². The van der Waals surface area contributed by atoms with Gasteiger partial charge in [0.2, 0.25) is 5.91 Å². The van der Waals surface area contributed by atoms with Gasteiger partial charge in [0.05, 0.1) is 0 Å². The van der Waals surface area contributed by atoms with E-state index in [1.807, 2.05) is 0 Å². The van der Waals surface area contributed by atoms with Crippen LogP contribution in [0.4, 0.5) is 9.18 Å². The lowest BCUT2D eigenvalue weighted by molar-refractivity contribution is -0.122. The van der Waals surface area contributed by atoms with Crippen molar-refractivity contribution in [2.24, 2.45) is 0 Å². The SMILES string of the molecule is O=C(CC[C@@H]1NC(=O)NC1=O)NCCNC(=O)c1ccc(F)cc1. The topological polar surface area (TPSA) is 116 Å². The standard InChI is InChI=1S/C15H17FN4O4/c16-10-3-1-9(2-4-10)13(22)18-8-7-17-12(21)6-5-11-14(23)20-15(24)19-11/h1-4,11H,5-8H2,(H,17,21)(H,18,22)(H2,19,20,23,24)/t11-/m0/s1. The van der Waals surface area contributed by atoms with Crippen LogP contribution in [0.15, 0.2) is 24.3 Å². The third-order valence-corrected chi connectivity index (χ3v) is 3.36. The van der Waals surface area contributed by atoms with Gasteiger partial charge in [-0.1, -0.05) is 0 Å². The summed E-state index contributed by atoms with van der Waals surface area (Å²) in [5, 5.41) is 9.66. The third-order valence-electron chi connectivity index (χ3n) is 3.36. The van der Waals surface area contributed by atoms with Gasteiger partial charge >= 0.3 is 6.03 Å². The van der Waals surface area contributed by atoms with Gasteiger partial charge in [0.15, 0.2) is 0 Å². The Balaban J connectivity index is 1.60. The zero-order valence-electron chi connectivity index (χ0n) is 12.7. The molecule has 0 spiro atoms. The van der Waals surface area contributed by atoms with Crippen LogP contribution in [0.2, 0.25) is 0 Å². The van der Waals surface area contributed by atoms with E-state index in [4.69, 9.17) is 0 Å².